The zero-order valence-electron chi connectivity index (χ0n) is 15.7. The van der Waals surface area contributed by atoms with Crippen molar-refractivity contribution in [3.05, 3.63) is 59.7 Å². The van der Waals surface area contributed by atoms with Gasteiger partial charge in [-0.25, -0.2) is 8.42 Å². The molecule has 9 heteroatoms. The first-order valence-electron chi connectivity index (χ1n) is 8.55. The van der Waals surface area contributed by atoms with Crippen LogP contribution >= 0.6 is 0 Å². The van der Waals surface area contributed by atoms with E-state index in [0.717, 1.165) is 6.26 Å². The molecule has 2 rings (SSSR count). The van der Waals surface area contributed by atoms with E-state index in [2.05, 4.69) is 15.4 Å². The van der Waals surface area contributed by atoms with Crippen molar-refractivity contribution < 1.29 is 22.7 Å². The fourth-order valence-electron chi connectivity index (χ4n) is 2.40. The molecule has 0 saturated heterocycles. The van der Waals surface area contributed by atoms with E-state index in [9.17, 15) is 18.0 Å². The summed E-state index contributed by atoms with van der Waals surface area (Å²) in [7, 11) is -1.79. The number of amides is 2. The van der Waals surface area contributed by atoms with Crippen LogP contribution in [0.15, 0.2) is 48.5 Å². The lowest BCUT2D eigenvalue weighted by Gasteiger charge is -2.12. The molecule has 2 amide bonds. The lowest BCUT2D eigenvalue weighted by Crippen LogP contribution is -2.26. The number of nitrogens with one attached hydrogen (secondary N) is 3. The monoisotopic (exact) mass is 405 g/mol. The molecular weight excluding hydrogens is 382 g/mol. The molecule has 0 aromatic heterocycles. The van der Waals surface area contributed by atoms with Crippen LogP contribution < -0.4 is 15.4 Å². The summed E-state index contributed by atoms with van der Waals surface area (Å²) >= 11 is 0. The van der Waals surface area contributed by atoms with Crippen molar-refractivity contribution in [1.29, 1.82) is 0 Å². The van der Waals surface area contributed by atoms with Gasteiger partial charge in [-0.2, -0.15) is 0 Å². The molecule has 2 aromatic carbocycles. The first-order valence-corrected chi connectivity index (χ1v) is 10.4. The summed E-state index contributed by atoms with van der Waals surface area (Å²) in [4.78, 5) is 24.8. The lowest BCUT2D eigenvalue weighted by molar-refractivity contribution is 0.0949. The molecule has 0 unspecified atom stereocenters. The van der Waals surface area contributed by atoms with Crippen LogP contribution in [-0.4, -0.2) is 46.7 Å². The molecule has 0 aliphatic carbocycles. The topological polar surface area (TPSA) is 114 Å². The number of rotatable bonds is 9. The van der Waals surface area contributed by atoms with E-state index in [1.165, 1.54) is 24.3 Å². The predicted molar refractivity (Wildman–Crippen MR) is 108 cm³/mol. The van der Waals surface area contributed by atoms with Crippen molar-refractivity contribution in [2.24, 2.45) is 0 Å². The van der Waals surface area contributed by atoms with Gasteiger partial charge in [0.05, 0.1) is 17.5 Å². The average Bonchev–Trinajstić information content (AvgIpc) is 2.65. The zero-order valence-corrected chi connectivity index (χ0v) is 16.5. The summed E-state index contributed by atoms with van der Waals surface area (Å²) in [5.74, 6) is -0.703. The minimum atomic E-state index is -3.39. The van der Waals surface area contributed by atoms with Crippen LogP contribution in [0.3, 0.4) is 0 Å². The molecule has 0 radical (unpaired) electrons. The highest BCUT2D eigenvalue weighted by molar-refractivity contribution is 7.92. The third kappa shape index (κ3) is 6.67. The molecule has 0 aliphatic rings. The maximum absolute atomic E-state index is 12.5. The molecule has 3 N–H and O–H groups in total. The summed E-state index contributed by atoms with van der Waals surface area (Å²) < 4.78 is 29.7. The molecule has 28 heavy (non-hydrogen) atoms. The number of carbonyl (C=O) groups excluding carboxylic acids is 2. The van der Waals surface area contributed by atoms with Crippen LogP contribution in [0.25, 0.3) is 0 Å². The highest BCUT2D eigenvalue weighted by Gasteiger charge is 2.14. The normalized spacial score (nSPS) is 10.9. The second-order valence-electron chi connectivity index (χ2n) is 6.05. The lowest BCUT2D eigenvalue weighted by atomic mass is 10.1. The largest absolute Gasteiger partial charge is 0.385 e. The number of hydrogen-bond acceptors (Lipinski definition) is 5. The van der Waals surface area contributed by atoms with E-state index in [4.69, 9.17) is 4.74 Å². The Morgan fingerprint density at radius 1 is 1.00 bits per heavy atom. The summed E-state index contributed by atoms with van der Waals surface area (Å²) in [6.45, 7) is 1.01. The van der Waals surface area contributed by atoms with Crippen molar-refractivity contribution in [2.75, 3.05) is 36.6 Å². The number of para-hydroxylation sites is 1. The van der Waals surface area contributed by atoms with Gasteiger partial charge in [0.15, 0.2) is 0 Å². The van der Waals surface area contributed by atoms with E-state index < -0.39 is 15.9 Å². The van der Waals surface area contributed by atoms with Crippen LogP contribution in [0.5, 0.6) is 0 Å². The van der Waals surface area contributed by atoms with Crippen LogP contribution in [0.1, 0.15) is 27.1 Å². The molecular formula is C19H23N3O5S. The minimum Gasteiger partial charge on any atom is -0.385 e. The van der Waals surface area contributed by atoms with E-state index in [-0.39, 0.29) is 5.91 Å². The number of methoxy groups -OCH3 is 1. The van der Waals surface area contributed by atoms with Crippen LogP contribution in [0.4, 0.5) is 11.4 Å². The Morgan fingerprint density at radius 2 is 1.68 bits per heavy atom. The van der Waals surface area contributed by atoms with Crippen molar-refractivity contribution >= 4 is 33.2 Å². The van der Waals surface area contributed by atoms with Gasteiger partial charge in [0.2, 0.25) is 10.0 Å². The van der Waals surface area contributed by atoms with Gasteiger partial charge in [0.1, 0.15) is 0 Å². The number of ether oxygens (including phenoxy) is 1. The molecule has 8 nitrogen and oxygen atoms in total. The summed E-state index contributed by atoms with van der Waals surface area (Å²) in [6, 6.07) is 12.7. The number of hydrogen-bond donors (Lipinski definition) is 3. The molecule has 0 fully saturated rings. The van der Waals surface area contributed by atoms with Gasteiger partial charge >= 0.3 is 0 Å². The smallest absolute Gasteiger partial charge is 0.255 e. The maximum atomic E-state index is 12.5. The molecule has 0 heterocycles. The third-order valence-electron chi connectivity index (χ3n) is 3.68. The molecule has 2 aromatic rings. The number of benzene rings is 2. The van der Waals surface area contributed by atoms with Gasteiger partial charge in [-0.15, -0.1) is 0 Å². The summed E-state index contributed by atoms with van der Waals surface area (Å²) in [5.41, 5.74) is 1.42. The second kappa shape index (κ2) is 9.86. The fourth-order valence-corrected chi connectivity index (χ4v) is 2.97. The SMILES string of the molecule is COCCCNC(=O)c1ccccc1NC(=O)c1ccc(NS(C)(=O)=O)cc1. The van der Waals surface area contributed by atoms with E-state index >= 15 is 0 Å². The van der Waals surface area contributed by atoms with E-state index in [1.807, 2.05) is 0 Å². The van der Waals surface area contributed by atoms with E-state index in [1.54, 1.807) is 31.4 Å². The van der Waals surface area contributed by atoms with Gasteiger partial charge in [-0.05, 0) is 42.8 Å². The van der Waals surface area contributed by atoms with Gasteiger partial charge < -0.3 is 15.4 Å². The highest BCUT2D eigenvalue weighted by Crippen LogP contribution is 2.17. The number of sulfonamides is 1. The highest BCUT2D eigenvalue weighted by atomic mass is 32.2. The first kappa shape index (κ1) is 21.4. The Kier molecular flexibility index (Phi) is 7.53. The standard InChI is InChI=1S/C19H23N3O5S/c1-27-13-5-12-20-19(24)16-6-3-4-7-17(16)21-18(23)14-8-10-15(11-9-14)22-28(2,25)26/h3-4,6-11,22H,5,12-13H2,1-2H3,(H,20,24)(H,21,23). The first-order chi connectivity index (χ1) is 13.3. The Labute approximate surface area is 164 Å². The Hall–Kier alpha value is -2.91. The molecule has 0 spiro atoms. The Balaban J connectivity index is 2.06. The van der Waals surface area contributed by atoms with Crippen molar-refractivity contribution in [2.45, 2.75) is 6.42 Å². The van der Waals surface area contributed by atoms with Gasteiger partial charge in [-0.1, -0.05) is 12.1 Å². The average molecular weight is 405 g/mol. The minimum absolute atomic E-state index is 0.292. The van der Waals surface area contributed by atoms with E-state index in [0.29, 0.717) is 42.1 Å². The van der Waals surface area contributed by atoms with Gasteiger partial charge in [0.25, 0.3) is 11.8 Å². The quantitative estimate of drug-likeness (QED) is 0.553. The zero-order chi connectivity index (χ0) is 20.6. The summed E-state index contributed by atoms with van der Waals surface area (Å²) in [5, 5.41) is 5.49. The molecule has 0 bridgehead atoms. The van der Waals surface area contributed by atoms with Crippen LogP contribution in [-0.2, 0) is 14.8 Å². The maximum Gasteiger partial charge on any atom is 0.255 e. The van der Waals surface area contributed by atoms with Crippen molar-refractivity contribution in [1.82, 2.24) is 5.32 Å². The van der Waals surface area contributed by atoms with Crippen LogP contribution in [0, 0.1) is 0 Å². The fraction of sp³-hybridized carbons (Fsp3) is 0.263. The Bertz CT molecular complexity index is 927. The second-order valence-corrected chi connectivity index (χ2v) is 7.80. The summed E-state index contributed by atoms with van der Waals surface area (Å²) in [6.07, 6.45) is 1.73. The molecule has 0 aliphatic heterocycles. The van der Waals surface area contributed by atoms with Crippen LogP contribution in [0.2, 0.25) is 0 Å². The predicted octanol–water partition coefficient (Wildman–Crippen LogP) is 2.08. The van der Waals surface area contributed by atoms with Crippen molar-refractivity contribution in [3.8, 4) is 0 Å². The van der Waals surface area contributed by atoms with Gasteiger partial charge in [0, 0.05) is 31.5 Å². The molecule has 150 valence electrons. The number of carbonyl (C=O) groups is 2. The Morgan fingerprint density at radius 3 is 2.32 bits per heavy atom. The molecule has 0 atom stereocenters. The van der Waals surface area contributed by atoms with Gasteiger partial charge in [-0.3, -0.25) is 14.3 Å². The number of anilines is 2. The third-order valence-corrected chi connectivity index (χ3v) is 4.29. The molecule has 0 saturated carbocycles. The van der Waals surface area contributed by atoms with Crippen molar-refractivity contribution in [3.63, 3.8) is 0 Å².